The summed E-state index contributed by atoms with van der Waals surface area (Å²) >= 11 is 6.25. The van der Waals surface area contributed by atoms with Gasteiger partial charge < -0.3 is 15.4 Å². The van der Waals surface area contributed by atoms with E-state index in [1.807, 2.05) is 6.92 Å². The molecule has 2 saturated carbocycles. The van der Waals surface area contributed by atoms with Crippen LogP contribution in [0.3, 0.4) is 0 Å². The monoisotopic (exact) mass is 542 g/mol. The minimum absolute atomic E-state index is 0.0694. The van der Waals surface area contributed by atoms with E-state index in [2.05, 4.69) is 10.6 Å². The van der Waals surface area contributed by atoms with Gasteiger partial charge in [0.05, 0.1) is 21.7 Å². The molecule has 1 aliphatic heterocycles. The van der Waals surface area contributed by atoms with Crippen LogP contribution in [0.15, 0.2) is 35.2 Å². The molecule has 7 nitrogen and oxygen atoms in total. The lowest BCUT2D eigenvalue weighted by Crippen LogP contribution is -2.51. The highest BCUT2D eigenvalue weighted by atomic mass is 35.5. The molecule has 1 saturated heterocycles. The zero-order valence-corrected chi connectivity index (χ0v) is 20.6. The van der Waals surface area contributed by atoms with Gasteiger partial charge >= 0.3 is 6.09 Å². The van der Waals surface area contributed by atoms with Gasteiger partial charge in [-0.3, -0.25) is 4.79 Å². The van der Waals surface area contributed by atoms with Gasteiger partial charge in [-0.1, -0.05) is 18.5 Å². The van der Waals surface area contributed by atoms with Crippen molar-refractivity contribution in [3.63, 3.8) is 0 Å². The van der Waals surface area contributed by atoms with E-state index in [4.69, 9.17) is 16.3 Å². The lowest BCUT2D eigenvalue weighted by Gasteiger charge is -2.42. The minimum atomic E-state index is -3.99. The third-order valence-corrected chi connectivity index (χ3v) is 10.4. The minimum Gasteiger partial charge on any atom is -0.440 e. The first kappa shape index (κ1) is 24.9. The van der Waals surface area contributed by atoms with Gasteiger partial charge in [-0.2, -0.15) is 0 Å². The number of amides is 2. The van der Waals surface area contributed by atoms with Crippen molar-refractivity contribution in [2.24, 2.45) is 17.8 Å². The Bertz CT molecular complexity index is 1360. The lowest BCUT2D eigenvalue weighted by molar-refractivity contribution is -0.0364. The number of anilines is 1. The fourth-order valence-corrected chi connectivity index (χ4v) is 8.41. The Morgan fingerprint density at radius 1 is 1.14 bits per heavy atom. The maximum Gasteiger partial charge on any atom is 0.407 e. The average molecular weight is 543 g/mol. The first-order valence-electron chi connectivity index (χ1n) is 11.4. The van der Waals surface area contributed by atoms with Gasteiger partial charge in [0, 0.05) is 35.2 Å². The number of ether oxygens (including phenoxy) is 1. The van der Waals surface area contributed by atoms with Crippen LogP contribution < -0.4 is 10.6 Å². The third kappa shape index (κ3) is 3.92. The highest BCUT2D eigenvalue weighted by molar-refractivity contribution is 7.92. The van der Waals surface area contributed by atoms with Crippen molar-refractivity contribution in [1.82, 2.24) is 5.32 Å². The van der Waals surface area contributed by atoms with E-state index in [1.165, 1.54) is 12.1 Å². The highest BCUT2D eigenvalue weighted by Gasteiger charge is 2.63. The third-order valence-electron chi connectivity index (χ3n) is 7.70. The molecule has 36 heavy (non-hydrogen) atoms. The van der Waals surface area contributed by atoms with Gasteiger partial charge in [-0.05, 0) is 43.4 Å². The molecule has 3 unspecified atom stereocenters. The fraction of sp³-hybridized carbons (Fsp3) is 0.417. The number of halogens is 4. The molecule has 2 aromatic carbocycles. The molecule has 3 aliphatic rings. The Morgan fingerprint density at radius 2 is 1.83 bits per heavy atom. The second kappa shape index (κ2) is 8.65. The van der Waals surface area contributed by atoms with Crippen LogP contribution in [0, 0.1) is 35.2 Å². The van der Waals surface area contributed by atoms with Crippen LogP contribution in [0.2, 0.25) is 5.02 Å². The topological polar surface area (TPSA) is 102 Å². The van der Waals surface area contributed by atoms with Gasteiger partial charge in [0.1, 0.15) is 5.60 Å². The molecule has 1 spiro atoms. The van der Waals surface area contributed by atoms with E-state index in [9.17, 15) is 31.2 Å². The second-order valence-corrected chi connectivity index (χ2v) is 12.3. The number of sulfone groups is 1. The average Bonchev–Trinajstić information content (AvgIpc) is 3.23. The summed E-state index contributed by atoms with van der Waals surface area (Å²) in [6.07, 6.45) is 0.782. The summed E-state index contributed by atoms with van der Waals surface area (Å²) in [4.78, 5) is 24.3. The molecule has 2 aromatic rings. The largest absolute Gasteiger partial charge is 0.440 e. The maximum absolute atomic E-state index is 13.7. The van der Waals surface area contributed by atoms with Crippen molar-refractivity contribution in [2.75, 3.05) is 11.9 Å². The quantitative estimate of drug-likeness (QED) is 0.546. The molecule has 2 aliphatic carbocycles. The van der Waals surface area contributed by atoms with E-state index >= 15 is 0 Å². The standard InChI is InChI=1S/C24H22ClF3N2O5S/c1-11-4-13-6-15(9-16(11)24(13)10-29-23(32)35-24)36(33,34)20-5-12(2-3-17(20)25)22(31)30-14-7-18(26)21(28)19(27)8-14/h2-3,5,7-8,11,13,15-16H,4,6,9-10H2,1H3,(H,29,32)(H,30,31)/t11-,13?,15?,16?,24+/m0/s1. The predicted octanol–water partition coefficient (Wildman–Crippen LogP) is 4.70. The summed E-state index contributed by atoms with van der Waals surface area (Å²) in [6, 6.07) is 4.89. The number of rotatable bonds is 4. The van der Waals surface area contributed by atoms with Crippen LogP contribution in [0.5, 0.6) is 0 Å². The van der Waals surface area contributed by atoms with E-state index in [0.717, 1.165) is 12.5 Å². The number of hydrogen-bond donors (Lipinski definition) is 2. The van der Waals surface area contributed by atoms with Crippen molar-refractivity contribution >= 4 is 39.1 Å². The van der Waals surface area contributed by atoms with E-state index < -0.39 is 50.1 Å². The molecule has 3 fully saturated rings. The summed E-state index contributed by atoms with van der Waals surface area (Å²) < 4.78 is 73.2. The van der Waals surface area contributed by atoms with E-state index in [1.54, 1.807) is 0 Å². The van der Waals surface area contributed by atoms with Gasteiger partial charge in [-0.15, -0.1) is 0 Å². The number of carbonyl (C=O) groups is 2. The summed E-state index contributed by atoms with van der Waals surface area (Å²) in [5, 5.41) is 4.07. The first-order chi connectivity index (χ1) is 16.9. The van der Waals surface area contributed by atoms with Crippen molar-refractivity contribution in [3.05, 3.63) is 58.4 Å². The Balaban J connectivity index is 1.41. The lowest BCUT2D eigenvalue weighted by atomic mass is 9.73. The van der Waals surface area contributed by atoms with Crippen LogP contribution >= 0.6 is 11.6 Å². The molecule has 2 bridgehead atoms. The molecule has 12 heteroatoms. The normalized spacial score (nSPS) is 29.2. The fourth-order valence-electron chi connectivity index (χ4n) is 6.04. The number of benzene rings is 2. The van der Waals surface area contributed by atoms with Crippen LogP contribution in [0.4, 0.5) is 23.7 Å². The number of carbonyl (C=O) groups excluding carboxylic acids is 2. The summed E-state index contributed by atoms with van der Waals surface area (Å²) in [5.41, 5.74) is -1.16. The molecule has 192 valence electrons. The SMILES string of the molecule is C[C@H]1CC2CC(S(=O)(=O)c3cc(C(=O)Nc4cc(F)c(F)c(F)c4)ccc3Cl)CC1[C@@]21CNC(=O)O1. The summed E-state index contributed by atoms with van der Waals surface area (Å²) in [5.74, 6) is -5.62. The Morgan fingerprint density at radius 3 is 2.44 bits per heavy atom. The molecule has 5 atom stereocenters. The van der Waals surface area contributed by atoms with Crippen LogP contribution in [0.1, 0.15) is 36.5 Å². The molecule has 2 amide bonds. The van der Waals surface area contributed by atoms with E-state index in [0.29, 0.717) is 18.7 Å². The zero-order valence-electron chi connectivity index (χ0n) is 19.0. The molecular formula is C24H22ClF3N2O5S. The molecule has 1 heterocycles. The van der Waals surface area contributed by atoms with Crippen molar-refractivity contribution < 1.29 is 35.9 Å². The van der Waals surface area contributed by atoms with Gasteiger partial charge in [0.25, 0.3) is 5.91 Å². The first-order valence-corrected chi connectivity index (χ1v) is 13.3. The number of nitrogens with one attached hydrogen (secondary N) is 2. The van der Waals surface area contributed by atoms with E-state index in [-0.39, 0.29) is 51.8 Å². The van der Waals surface area contributed by atoms with Gasteiger partial charge in [0.2, 0.25) is 0 Å². The summed E-state index contributed by atoms with van der Waals surface area (Å²) in [6.45, 7) is 2.37. The molecule has 2 N–H and O–H groups in total. The Hall–Kier alpha value is -2.79. The molecular weight excluding hydrogens is 521 g/mol. The van der Waals surface area contributed by atoms with Crippen molar-refractivity contribution in [1.29, 1.82) is 0 Å². The molecule has 0 radical (unpaired) electrons. The smallest absolute Gasteiger partial charge is 0.407 e. The van der Waals surface area contributed by atoms with Gasteiger partial charge in [-0.25, -0.2) is 26.4 Å². The highest BCUT2D eigenvalue weighted by Crippen LogP contribution is 2.57. The van der Waals surface area contributed by atoms with Crippen molar-refractivity contribution in [2.45, 2.75) is 41.9 Å². The maximum atomic E-state index is 13.7. The van der Waals surface area contributed by atoms with Crippen LogP contribution in [-0.2, 0) is 14.6 Å². The predicted molar refractivity (Wildman–Crippen MR) is 124 cm³/mol. The second-order valence-electron chi connectivity index (χ2n) is 9.71. The van der Waals surface area contributed by atoms with Crippen molar-refractivity contribution in [3.8, 4) is 0 Å². The zero-order chi connectivity index (χ0) is 26.0. The molecule has 0 aromatic heterocycles. The Kier molecular flexibility index (Phi) is 5.98. The molecule has 5 rings (SSSR count). The number of alkyl carbamates (subject to hydrolysis) is 1. The van der Waals surface area contributed by atoms with Gasteiger partial charge in [0.15, 0.2) is 27.3 Å². The van der Waals surface area contributed by atoms with Crippen LogP contribution in [0.25, 0.3) is 0 Å². The summed E-state index contributed by atoms with van der Waals surface area (Å²) in [7, 11) is -3.99. The number of hydrogen-bond acceptors (Lipinski definition) is 5. The van der Waals surface area contributed by atoms with Crippen LogP contribution in [-0.4, -0.2) is 37.8 Å². The Labute approximate surface area is 210 Å².